The number of β-amino-alcohol motifs (C(OH)–C–C–N with tert-alkyl or cyclic N) is 1. The molecule has 0 spiro atoms. The monoisotopic (exact) mass is 164 g/mol. The Morgan fingerprint density at radius 3 is 2.83 bits per heavy atom. The molecule has 1 saturated heterocycles. The van der Waals surface area contributed by atoms with Crippen LogP contribution < -0.4 is 4.90 Å². The fraction of sp³-hybridized carbons (Fsp3) is 0.444. The molecule has 2 heterocycles. The van der Waals surface area contributed by atoms with Gasteiger partial charge in [0.15, 0.2) is 0 Å². The fourth-order valence-corrected chi connectivity index (χ4v) is 1.35. The summed E-state index contributed by atoms with van der Waals surface area (Å²) >= 11 is 0. The molecule has 1 fully saturated rings. The number of aryl methyl sites for hydroxylation is 1. The van der Waals surface area contributed by atoms with Gasteiger partial charge in [0, 0.05) is 18.8 Å². The lowest BCUT2D eigenvalue weighted by Gasteiger charge is -2.36. The highest BCUT2D eigenvalue weighted by Crippen LogP contribution is 2.17. The third-order valence-corrected chi connectivity index (χ3v) is 2.06. The van der Waals surface area contributed by atoms with E-state index in [1.165, 1.54) is 0 Å². The summed E-state index contributed by atoms with van der Waals surface area (Å²) < 4.78 is 0. The largest absolute Gasteiger partial charge is 0.389 e. The highest BCUT2D eigenvalue weighted by Gasteiger charge is 2.24. The van der Waals surface area contributed by atoms with Gasteiger partial charge in [-0.2, -0.15) is 0 Å². The van der Waals surface area contributed by atoms with Gasteiger partial charge in [-0.3, -0.25) is 0 Å². The van der Waals surface area contributed by atoms with Crippen molar-refractivity contribution in [1.29, 1.82) is 0 Å². The van der Waals surface area contributed by atoms with Crippen molar-refractivity contribution in [1.82, 2.24) is 4.98 Å². The SMILES string of the molecule is Cc1cccc(N2CC(O)C2)n1. The zero-order chi connectivity index (χ0) is 8.55. The maximum absolute atomic E-state index is 9.08. The van der Waals surface area contributed by atoms with Crippen LogP contribution >= 0.6 is 0 Å². The Morgan fingerprint density at radius 2 is 2.25 bits per heavy atom. The van der Waals surface area contributed by atoms with Crippen molar-refractivity contribution in [3.05, 3.63) is 23.9 Å². The van der Waals surface area contributed by atoms with Crippen LogP contribution in [0.1, 0.15) is 5.69 Å². The van der Waals surface area contributed by atoms with E-state index in [0.29, 0.717) is 0 Å². The number of aromatic nitrogens is 1. The van der Waals surface area contributed by atoms with Crippen LogP contribution in [0.15, 0.2) is 18.2 Å². The molecule has 1 aliphatic rings. The van der Waals surface area contributed by atoms with Crippen molar-refractivity contribution in [2.24, 2.45) is 0 Å². The van der Waals surface area contributed by atoms with E-state index in [-0.39, 0.29) is 6.10 Å². The summed E-state index contributed by atoms with van der Waals surface area (Å²) in [5.74, 6) is 0.973. The highest BCUT2D eigenvalue weighted by atomic mass is 16.3. The van der Waals surface area contributed by atoms with Crippen LogP contribution in [0.5, 0.6) is 0 Å². The van der Waals surface area contributed by atoms with Gasteiger partial charge < -0.3 is 10.0 Å². The lowest BCUT2D eigenvalue weighted by molar-refractivity contribution is 0.141. The molecule has 0 atom stereocenters. The molecule has 0 amide bonds. The summed E-state index contributed by atoms with van der Waals surface area (Å²) in [5.41, 5.74) is 1.02. The Hall–Kier alpha value is -1.09. The molecule has 64 valence electrons. The van der Waals surface area contributed by atoms with Crippen molar-refractivity contribution in [2.75, 3.05) is 18.0 Å². The molecular weight excluding hydrogens is 152 g/mol. The zero-order valence-electron chi connectivity index (χ0n) is 7.07. The number of hydrogen-bond donors (Lipinski definition) is 1. The molecule has 0 unspecified atom stereocenters. The first-order valence-electron chi connectivity index (χ1n) is 4.12. The molecule has 1 aliphatic heterocycles. The zero-order valence-corrected chi connectivity index (χ0v) is 7.07. The second-order valence-electron chi connectivity index (χ2n) is 3.20. The number of pyridine rings is 1. The summed E-state index contributed by atoms with van der Waals surface area (Å²) in [7, 11) is 0. The minimum atomic E-state index is -0.160. The third kappa shape index (κ3) is 1.28. The molecule has 1 aromatic rings. The molecule has 0 bridgehead atoms. The summed E-state index contributed by atoms with van der Waals surface area (Å²) in [6.07, 6.45) is -0.160. The summed E-state index contributed by atoms with van der Waals surface area (Å²) in [5, 5.41) is 9.08. The van der Waals surface area contributed by atoms with Crippen LogP contribution in [-0.4, -0.2) is 29.3 Å². The number of hydrogen-bond acceptors (Lipinski definition) is 3. The summed E-state index contributed by atoms with van der Waals surface area (Å²) in [4.78, 5) is 6.41. The number of nitrogens with zero attached hydrogens (tertiary/aromatic N) is 2. The van der Waals surface area contributed by atoms with Gasteiger partial charge in [-0.1, -0.05) is 6.07 Å². The van der Waals surface area contributed by atoms with E-state index in [9.17, 15) is 0 Å². The van der Waals surface area contributed by atoms with Gasteiger partial charge in [0.05, 0.1) is 6.10 Å². The Kier molecular flexibility index (Phi) is 1.73. The fourth-order valence-electron chi connectivity index (χ4n) is 1.35. The van der Waals surface area contributed by atoms with Gasteiger partial charge in [-0.25, -0.2) is 4.98 Å². The predicted octanol–water partition coefficient (Wildman–Crippen LogP) is 0.571. The van der Waals surface area contributed by atoms with Crippen LogP contribution in [0.3, 0.4) is 0 Å². The number of aliphatic hydroxyl groups is 1. The maximum atomic E-state index is 9.08. The number of rotatable bonds is 1. The molecule has 0 radical (unpaired) electrons. The van der Waals surface area contributed by atoms with E-state index in [0.717, 1.165) is 24.6 Å². The second kappa shape index (κ2) is 2.75. The first-order chi connectivity index (χ1) is 5.75. The molecule has 0 aliphatic carbocycles. The Bertz CT molecular complexity index is 282. The van der Waals surface area contributed by atoms with Crippen LogP contribution in [0.2, 0.25) is 0 Å². The van der Waals surface area contributed by atoms with Gasteiger partial charge in [-0.05, 0) is 19.1 Å². The molecule has 3 heteroatoms. The van der Waals surface area contributed by atoms with Crippen molar-refractivity contribution < 1.29 is 5.11 Å². The first-order valence-corrected chi connectivity index (χ1v) is 4.12. The van der Waals surface area contributed by atoms with Gasteiger partial charge >= 0.3 is 0 Å². The van der Waals surface area contributed by atoms with Crippen LogP contribution in [0.25, 0.3) is 0 Å². The van der Waals surface area contributed by atoms with E-state index >= 15 is 0 Å². The molecule has 3 nitrogen and oxygen atoms in total. The van der Waals surface area contributed by atoms with Crippen molar-refractivity contribution in [3.63, 3.8) is 0 Å². The van der Waals surface area contributed by atoms with Gasteiger partial charge in [-0.15, -0.1) is 0 Å². The Labute approximate surface area is 71.7 Å². The average molecular weight is 164 g/mol. The molecule has 0 aromatic carbocycles. The smallest absolute Gasteiger partial charge is 0.128 e. The number of anilines is 1. The van der Waals surface area contributed by atoms with E-state index < -0.39 is 0 Å². The van der Waals surface area contributed by atoms with E-state index in [1.807, 2.05) is 25.1 Å². The van der Waals surface area contributed by atoms with Crippen molar-refractivity contribution in [2.45, 2.75) is 13.0 Å². The van der Waals surface area contributed by atoms with Crippen LogP contribution in [0, 0.1) is 6.92 Å². The van der Waals surface area contributed by atoms with Crippen LogP contribution in [-0.2, 0) is 0 Å². The number of aliphatic hydroxyl groups excluding tert-OH is 1. The molecule has 1 aromatic heterocycles. The Balaban J connectivity index is 2.13. The summed E-state index contributed by atoms with van der Waals surface area (Å²) in [6.45, 7) is 3.41. The molecular formula is C9H12N2O. The van der Waals surface area contributed by atoms with Crippen molar-refractivity contribution >= 4 is 5.82 Å². The minimum Gasteiger partial charge on any atom is -0.389 e. The van der Waals surface area contributed by atoms with Gasteiger partial charge in [0.1, 0.15) is 5.82 Å². The molecule has 0 saturated carbocycles. The topological polar surface area (TPSA) is 36.4 Å². The van der Waals surface area contributed by atoms with Crippen molar-refractivity contribution in [3.8, 4) is 0 Å². The average Bonchev–Trinajstić information content (AvgIpc) is 1.99. The molecule has 2 rings (SSSR count). The van der Waals surface area contributed by atoms with Crippen LogP contribution in [0.4, 0.5) is 5.82 Å². The first kappa shape index (κ1) is 7.55. The maximum Gasteiger partial charge on any atom is 0.128 e. The lowest BCUT2D eigenvalue weighted by Crippen LogP contribution is -2.51. The second-order valence-corrected chi connectivity index (χ2v) is 3.20. The lowest BCUT2D eigenvalue weighted by atomic mass is 10.2. The molecule has 12 heavy (non-hydrogen) atoms. The standard InChI is InChI=1S/C9H12N2O/c1-7-3-2-4-9(10-7)11-5-8(12)6-11/h2-4,8,12H,5-6H2,1H3. The van der Waals surface area contributed by atoms with Gasteiger partial charge in [0.2, 0.25) is 0 Å². The predicted molar refractivity (Wildman–Crippen MR) is 47.2 cm³/mol. The van der Waals surface area contributed by atoms with Gasteiger partial charge in [0.25, 0.3) is 0 Å². The minimum absolute atomic E-state index is 0.160. The Morgan fingerprint density at radius 1 is 1.50 bits per heavy atom. The summed E-state index contributed by atoms with van der Waals surface area (Å²) in [6, 6.07) is 5.93. The molecule has 1 N–H and O–H groups in total. The normalized spacial score (nSPS) is 17.7. The van der Waals surface area contributed by atoms with E-state index in [2.05, 4.69) is 9.88 Å². The highest BCUT2D eigenvalue weighted by molar-refractivity contribution is 5.42. The van der Waals surface area contributed by atoms with E-state index in [1.54, 1.807) is 0 Å². The quantitative estimate of drug-likeness (QED) is 0.659. The van der Waals surface area contributed by atoms with E-state index in [4.69, 9.17) is 5.11 Å². The third-order valence-electron chi connectivity index (χ3n) is 2.06.